The second-order valence-electron chi connectivity index (χ2n) is 11.3. The van der Waals surface area contributed by atoms with E-state index in [9.17, 15) is 41.4 Å². The number of allylic oxidation sites excluding steroid dienone is 1. The van der Waals surface area contributed by atoms with Gasteiger partial charge in [-0.1, -0.05) is 24.4 Å². The molecule has 3 aliphatic rings. The van der Waals surface area contributed by atoms with E-state index in [2.05, 4.69) is 0 Å². The minimum Gasteiger partial charge on any atom is -0.487 e. The van der Waals surface area contributed by atoms with Crippen molar-refractivity contribution in [2.45, 2.75) is 63.6 Å². The SMILES string of the molecule is N/C(COc1ccc(Cl)c2c1C(CN1CCCC1=O)N(C(=O)C1CCCCC1C(=O)O)CC2)=C(/C(F)F)N(N)CC(F)(F)F. The first-order valence-electron chi connectivity index (χ1n) is 14.3. The maximum Gasteiger partial charge on any atom is 0.407 e. The van der Waals surface area contributed by atoms with Crippen molar-refractivity contribution in [3.05, 3.63) is 39.7 Å². The van der Waals surface area contributed by atoms with Crippen LogP contribution < -0.4 is 16.3 Å². The first-order chi connectivity index (χ1) is 20.7. The van der Waals surface area contributed by atoms with Gasteiger partial charge in [0.15, 0.2) is 0 Å². The number of fused-ring (bicyclic) bond motifs is 1. The molecule has 1 aliphatic carbocycles. The average Bonchev–Trinajstić information content (AvgIpc) is 3.35. The predicted molar refractivity (Wildman–Crippen MR) is 148 cm³/mol. The number of carbonyl (C=O) groups excluding carboxylic acids is 2. The molecule has 3 unspecified atom stereocenters. The summed E-state index contributed by atoms with van der Waals surface area (Å²) in [5.74, 6) is 2.15. The number of hydrogen-bond acceptors (Lipinski definition) is 7. The molecule has 1 aromatic rings. The van der Waals surface area contributed by atoms with E-state index in [-0.39, 0.29) is 42.1 Å². The Bertz CT molecular complexity index is 1300. The van der Waals surface area contributed by atoms with E-state index in [0.29, 0.717) is 61.2 Å². The van der Waals surface area contributed by atoms with Crippen molar-refractivity contribution in [3.8, 4) is 5.75 Å². The molecule has 0 aromatic heterocycles. The molecule has 4 rings (SSSR count). The highest BCUT2D eigenvalue weighted by Crippen LogP contribution is 2.43. The topological polar surface area (TPSA) is 142 Å². The fourth-order valence-electron chi connectivity index (χ4n) is 6.36. The first-order valence-corrected chi connectivity index (χ1v) is 14.7. The van der Waals surface area contributed by atoms with Crippen LogP contribution in [0.4, 0.5) is 22.0 Å². The Hall–Kier alpha value is -3.33. The van der Waals surface area contributed by atoms with Gasteiger partial charge < -0.3 is 25.4 Å². The highest BCUT2D eigenvalue weighted by Gasteiger charge is 2.43. The first kappa shape index (κ1) is 33.6. The van der Waals surface area contributed by atoms with Gasteiger partial charge >= 0.3 is 12.1 Å². The molecule has 2 heterocycles. The van der Waals surface area contributed by atoms with Crippen molar-refractivity contribution < 1.29 is 46.2 Å². The molecule has 2 amide bonds. The van der Waals surface area contributed by atoms with Gasteiger partial charge in [0, 0.05) is 36.6 Å². The summed E-state index contributed by atoms with van der Waals surface area (Å²) in [6, 6.07) is 2.11. The number of carbonyl (C=O) groups is 3. The van der Waals surface area contributed by atoms with Crippen LogP contribution in [0.1, 0.15) is 55.7 Å². The number of hydrazine groups is 1. The number of rotatable bonds is 10. The number of benzene rings is 1. The van der Waals surface area contributed by atoms with Crippen LogP contribution in [0.15, 0.2) is 23.5 Å². The molecule has 244 valence electrons. The Balaban J connectivity index is 1.71. The van der Waals surface area contributed by atoms with E-state index in [4.69, 9.17) is 27.9 Å². The van der Waals surface area contributed by atoms with Crippen molar-refractivity contribution >= 4 is 29.4 Å². The van der Waals surface area contributed by atoms with Crippen molar-refractivity contribution in [3.63, 3.8) is 0 Å². The number of alkyl halides is 5. The molecule has 0 spiro atoms. The van der Waals surface area contributed by atoms with Crippen molar-refractivity contribution in [1.82, 2.24) is 14.8 Å². The Labute approximate surface area is 255 Å². The molecule has 5 N–H and O–H groups in total. The number of nitrogens with two attached hydrogens (primary N) is 2. The molecule has 0 radical (unpaired) electrons. The lowest BCUT2D eigenvalue weighted by Gasteiger charge is -2.43. The lowest BCUT2D eigenvalue weighted by molar-refractivity contribution is -0.154. The van der Waals surface area contributed by atoms with Gasteiger partial charge in [-0.05, 0) is 43.4 Å². The van der Waals surface area contributed by atoms with E-state index >= 15 is 0 Å². The van der Waals surface area contributed by atoms with E-state index in [1.165, 1.54) is 17.0 Å². The zero-order valence-corrected chi connectivity index (χ0v) is 24.5. The van der Waals surface area contributed by atoms with Gasteiger partial charge in [-0.2, -0.15) is 13.2 Å². The number of carboxylic acids is 1. The van der Waals surface area contributed by atoms with Crippen molar-refractivity contribution in [1.29, 1.82) is 0 Å². The molecule has 16 heteroatoms. The Morgan fingerprint density at radius 2 is 1.80 bits per heavy atom. The fraction of sp³-hybridized carbons (Fsp3) is 0.607. The number of likely N-dealkylation sites (tertiary alicyclic amines) is 1. The van der Waals surface area contributed by atoms with Crippen LogP contribution >= 0.6 is 11.6 Å². The molecule has 1 saturated heterocycles. The molecule has 2 fully saturated rings. The van der Waals surface area contributed by atoms with E-state index in [0.717, 1.165) is 0 Å². The van der Waals surface area contributed by atoms with Crippen molar-refractivity contribution in [2.24, 2.45) is 23.4 Å². The van der Waals surface area contributed by atoms with Gasteiger partial charge in [-0.3, -0.25) is 19.4 Å². The van der Waals surface area contributed by atoms with Crippen LogP contribution in [0.3, 0.4) is 0 Å². The van der Waals surface area contributed by atoms with Crippen LogP contribution in [0.5, 0.6) is 5.75 Å². The Morgan fingerprint density at radius 1 is 1.11 bits per heavy atom. The summed E-state index contributed by atoms with van der Waals surface area (Å²) < 4.78 is 71.8. The summed E-state index contributed by atoms with van der Waals surface area (Å²) in [7, 11) is 0. The smallest absolute Gasteiger partial charge is 0.407 e. The average molecular weight is 652 g/mol. The molecule has 44 heavy (non-hydrogen) atoms. The zero-order chi connectivity index (χ0) is 32.3. The fourth-order valence-corrected chi connectivity index (χ4v) is 6.62. The van der Waals surface area contributed by atoms with Gasteiger partial charge in [0.1, 0.15) is 24.6 Å². The monoisotopic (exact) mass is 651 g/mol. The molecule has 0 bridgehead atoms. The summed E-state index contributed by atoms with van der Waals surface area (Å²) in [6.45, 7) is -1.97. The molecule has 2 aliphatic heterocycles. The molecular weight excluding hydrogens is 617 g/mol. The van der Waals surface area contributed by atoms with Crippen LogP contribution in [0.2, 0.25) is 5.02 Å². The molecule has 3 atom stereocenters. The number of amides is 2. The zero-order valence-electron chi connectivity index (χ0n) is 23.8. The van der Waals surface area contributed by atoms with Crippen LogP contribution in [0, 0.1) is 11.8 Å². The van der Waals surface area contributed by atoms with Gasteiger partial charge in [0.25, 0.3) is 6.43 Å². The normalized spacial score (nSPS) is 23.0. The Kier molecular flexibility index (Phi) is 10.5. The molecule has 10 nitrogen and oxygen atoms in total. The molecular formula is C28H35ClF5N5O5. The summed E-state index contributed by atoms with van der Waals surface area (Å²) in [5, 5.41) is 9.98. The largest absolute Gasteiger partial charge is 0.487 e. The number of halogens is 6. The van der Waals surface area contributed by atoms with Gasteiger partial charge in [0.05, 0.1) is 23.6 Å². The minimum atomic E-state index is -4.88. The quantitative estimate of drug-likeness (QED) is 0.197. The number of nitrogens with zero attached hydrogens (tertiary/aromatic N) is 3. The van der Waals surface area contributed by atoms with E-state index < -0.39 is 61.0 Å². The summed E-state index contributed by atoms with van der Waals surface area (Å²) >= 11 is 6.54. The standard InChI is InChI=1S/C28H35ClF5N5O5/c29-18-7-8-21(44-13-19(35)24(25(30)31)39(36)14-28(32,33)34)23-17(18)9-11-38(20(23)12-37-10-3-6-22(37)40)26(41)15-4-1-2-5-16(15)27(42)43/h7-8,15-16,20,25H,1-6,9-14,35-36H2,(H,42,43)/b24-19-. The second-order valence-corrected chi connectivity index (χ2v) is 11.7. The van der Waals surface area contributed by atoms with E-state index in [1.807, 2.05) is 0 Å². The third kappa shape index (κ3) is 7.48. The number of ether oxygens (including phenoxy) is 1. The lowest BCUT2D eigenvalue weighted by Crippen LogP contribution is -2.50. The van der Waals surface area contributed by atoms with Crippen molar-refractivity contribution in [2.75, 3.05) is 32.8 Å². The van der Waals surface area contributed by atoms with Gasteiger partial charge in [0.2, 0.25) is 11.8 Å². The second kappa shape index (κ2) is 13.8. The Morgan fingerprint density at radius 3 is 2.39 bits per heavy atom. The lowest BCUT2D eigenvalue weighted by atomic mass is 9.77. The highest BCUT2D eigenvalue weighted by molar-refractivity contribution is 6.31. The summed E-state index contributed by atoms with van der Waals surface area (Å²) in [6.07, 6.45) is -5.02. The molecule has 1 aromatic carbocycles. The van der Waals surface area contributed by atoms with Crippen LogP contribution in [-0.2, 0) is 20.8 Å². The van der Waals surface area contributed by atoms with Crippen LogP contribution in [-0.4, -0.2) is 83.1 Å². The highest BCUT2D eigenvalue weighted by atomic mass is 35.5. The number of hydrogen-bond donors (Lipinski definition) is 3. The number of carboxylic acid groups (broad SMARTS) is 1. The minimum absolute atomic E-state index is 0.0501. The summed E-state index contributed by atoms with van der Waals surface area (Å²) in [5.41, 5.74) is 4.77. The number of aliphatic carboxylic acids is 1. The third-order valence-electron chi connectivity index (χ3n) is 8.40. The third-order valence-corrected chi connectivity index (χ3v) is 8.75. The maximum atomic E-state index is 14.0. The van der Waals surface area contributed by atoms with Gasteiger partial charge in [-0.25, -0.2) is 14.6 Å². The predicted octanol–water partition coefficient (Wildman–Crippen LogP) is 3.83. The van der Waals surface area contributed by atoms with E-state index in [1.54, 1.807) is 4.90 Å². The maximum absolute atomic E-state index is 14.0. The van der Waals surface area contributed by atoms with Gasteiger partial charge in [-0.15, -0.1) is 0 Å². The van der Waals surface area contributed by atoms with Crippen LogP contribution in [0.25, 0.3) is 0 Å². The summed E-state index contributed by atoms with van der Waals surface area (Å²) in [4.78, 5) is 41.8. The molecule has 1 saturated carbocycles.